The molecule has 0 bridgehead atoms. The summed E-state index contributed by atoms with van der Waals surface area (Å²) in [6.07, 6.45) is 0. The summed E-state index contributed by atoms with van der Waals surface area (Å²) < 4.78 is 26.6. The molecule has 0 heterocycles. The summed E-state index contributed by atoms with van der Waals surface area (Å²) in [5.74, 6) is 0. The van der Waals surface area contributed by atoms with Gasteiger partial charge in [0.2, 0.25) is 0 Å². The van der Waals surface area contributed by atoms with E-state index in [4.69, 9.17) is 5.41 Å². The largest absolute Gasteiger partial charge is 0.359 e. The molecule has 14 heavy (non-hydrogen) atoms. The molecule has 0 saturated heterocycles. The summed E-state index contributed by atoms with van der Waals surface area (Å²) in [7, 11) is -3.89. The Bertz CT molecular complexity index is 458. The van der Waals surface area contributed by atoms with E-state index in [0.29, 0.717) is 0 Å². The van der Waals surface area contributed by atoms with Crippen molar-refractivity contribution in [3.63, 3.8) is 0 Å². The Morgan fingerprint density at radius 1 is 1.36 bits per heavy atom. The quantitative estimate of drug-likeness (QED) is 0.607. The van der Waals surface area contributed by atoms with Crippen LogP contribution in [-0.2, 0) is 14.4 Å². The first-order valence-corrected chi connectivity index (χ1v) is 5.09. The van der Waals surface area contributed by atoms with Gasteiger partial charge in [-0.25, -0.2) is 5.41 Å². The number of hydrogen-bond acceptors (Lipinski definition) is 5. The molecule has 0 amide bonds. The first-order valence-electron chi connectivity index (χ1n) is 3.68. The zero-order valence-corrected chi connectivity index (χ0v) is 8.21. The maximum absolute atomic E-state index is 11.3. The fourth-order valence-electron chi connectivity index (χ4n) is 0.816. The molecule has 0 aromatic heterocycles. The Labute approximate surface area is 81.6 Å². The number of aryl methyl sites for hydroxylation is 1. The van der Waals surface area contributed by atoms with E-state index in [-0.39, 0.29) is 4.90 Å². The monoisotopic (exact) mass is 212 g/mol. The third kappa shape index (κ3) is 2.42. The van der Waals surface area contributed by atoms with Crippen molar-refractivity contribution < 1.29 is 12.7 Å². The van der Waals surface area contributed by atoms with Crippen molar-refractivity contribution in [1.82, 2.24) is 0 Å². The Kier molecular flexibility index (Phi) is 3.01. The van der Waals surface area contributed by atoms with E-state index < -0.39 is 10.1 Å². The lowest BCUT2D eigenvalue weighted by molar-refractivity contribution is 0.341. The first-order chi connectivity index (χ1) is 6.56. The smallest absolute Gasteiger partial charge is 0.254 e. The highest BCUT2D eigenvalue weighted by atomic mass is 32.2. The van der Waals surface area contributed by atoms with Crippen molar-refractivity contribution in [1.29, 1.82) is 5.41 Å². The van der Waals surface area contributed by atoms with Crippen LogP contribution in [0.5, 0.6) is 0 Å². The van der Waals surface area contributed by atoms with Gasteiger partial charge >= 0.3 is 10.1 Å². The fraction of sp³-hybridized carbons (Fsp3) is 0.125. The van der Waals surface area contributed by atoms with Crippen LogP contribution in [0.2, 0.25) is 0 Å². The van der Waals surface area contributed by atoms with Crippen LogP contribution < -0.4 is 0 Å². The van der Waals surface area contributed by atoms with Crippen LogP contribution in [0.3, 0.4) is 0 Å². The summed E-state index contributed by atoms with van der Waals surface area (Å²) in [6.45, 7) is 1.84. The highest BCUT2D eigenvalue weighted by molar-refractivity contribution is 7.86. The molecule has 0 saturated carbocycles. The Morgan fingerprint density at radius 3 is 2.43 bits per heavy atom. The molecule has 1 aromatic rings. The third-order valence-corrected chi connectivity index (χ3v) is 2.61. The molecule has 0 atom stereocenters. The van der Waals surface area contributed by atoms with Crippen molar-refractivity contribution in [2.75, 3.05) is 0 Å². The molecule has 0 radical (unpaired) electrons. The summed E-state index contributed by atoms with van der Waals surface area (Å²) >= 11 is 0. The van der Waals surface area contributed by atoms with Gasteiger partial charge in [0, 0.05) is 5.16 Å². The Morgan fingerprint density at radius 2 is 1.93 bits per heavy atom. The van der Waals surface area contributed by atoms with Gasteiger partial charge in [0.1, 0.15) is 10.9 Å². The highest BCUT2D eigenvalue weighted by Crippen LogP contribution is 2.12. The molecule has 0 spiro atoms. The van der Waals surface area contributed by atoms with Gasteiger partial charge in [-0.3, -0.25) is 4.28 Å². The number of benzene rings is 1. The molecule has 0 aliphatic rings. The first kappa shape index (κ1) is 10.4. The summed E-state index contributed by atoms with van der Waals surface area (Å²) in [5, 5.41) is 9.14. The second-order valence-corrected chi connectivity index (χ2v) is 4.07. The predicted octanol–water partition coefficient (Wildman–Crippen LogP) is 1.37. The number of hydrogen-bond donors (Lipinski definition) is 1. The molecule has 1 N–H and O–H groups in total. The molecule has 6 heteroatoms. The minimum Gasteiger partial charge on any atom is -0.254 e. The van der Waals surface area contributed by atoms with Crippen molar-refractivity contribution in [2.24, 2.45) is 5.16 Å². The fourth-order valence-corrected chi connectivity index (χ4v) is 1.51. The van der Waals surface area contributed by atoms with Crippen LogP contribution in [0.25, 0.3) is 0 Å². The average Bonchev–Trinajstić information content (AvgIpc) is 2.16. The molecule has 5 nitrogen and oxygen atoms in total. The Balaban J connectivity index is 3.04. The SMILES string of the molecule is Cc1ccc(S(=O)(=O)ON=C=N)cc1. The van der Waals surface area contributed by atoms with E-state index >= 15 is 0 Å². The van der Waals surface area contributed by atoms with Crippen LogP contribution in [0.1, 0.15) is 5.56 Å². The van der Waals surface area contributed by atoms with Gasteiger partial charge in [0.15, 0.2) is 0 Å². The van der Waals surface area contributed by atoms with Crippen molar-refractivity contribution in [3.05, 3.63) is 29.8 Å². The van der Waals surface area contributed by atoms with Crippen molar-refractivity contribution in [2.45, 2.75) is 11.8 Å². The van der Waals surface area contributed by atoms with E-state index in [0.717, 1.165) is 5.56 Å². The molecule has 0 fully saturated rings. The van der Waals surface area contributed by atoms with Crippen LogP contribution in [0.15, 0.2) is 34.3 Å². The molecule has 0 aliphatic carbocycles. The molecule has 74 valence electrons. The lowest BCUT2D eigenvalue weighted by atomic mass is 10.2. The highest BCUT2D eigenvalue weighted by Gasteiger charge is 2.14. The van der Waals surface area contributed by atoms with E-state index in [1.807, 2.05) is 6.92 Å². The van der Waals surface area contributed by atoms with Gasteiger partial charge in [-0.05, 0) is 19.1 Å². The van der Waals surface area contributed by atoms with Gasteiger partial charge < -0.3 is 0 Å². The van der Waals surface area contributed by atoms with Crippen LogP contribution in [-0.4, -0.2) is 14.4 Å². The molecular weight excluding hydrogens is 204 g/mol. The number of rotatable bonds is 3. The maximum atomic E-state index is 11.3. The van der Waals surface area contributed by atoms with E-state index in [9.17, 15) is 8.42 Å². The lowest BCUT2D eigenvalue weighted by Crippen LogP contribution is -2.01. The molecule has 0 unspecified atom stereocenters. The topological polar surface area (TPSA) is 79.6 Å². The standard InChI is InChI=1S/C8H8N2O3S/c1-7-2-4-8(5-3-7)14(11,12)13-10-6-9/h2-5,9H,1H3. The zero-order valence-electron chi connectivity index (χ0n) is 7.39. The van der Waals surface area contributed by atoms with Gasteiger partial charge in [-0.1, -0.05) is 17.7 Å². The van der Waals surface area contributed by atoms with Gasteiger partial charge in [0.25, 0.3) is 0 Å². The van der Waals surface area contributed by atoms with Crippen molar-refractivity contribution in [3.8, 4) is 0 Å². The van der Waals surface area contributed by atoms with Crippen molar-refractivity contribution >= 4 is 16.1 Å². The van der Waals surface area contributed by atoms with Crippen LogP contribution in [0.4, 0.5) is 0 Å². The maximum Gasteiger partial charge on any atom is 0.359 e. The third-order valence-electron chi connectivity index (χ3n) is 1.49. The minimum absolute atomic E-state index is 0.00194. The molecule has 1 rings (SSSR count). The Hall–Kier alpha value is -1.65. The summed E-state index contributed by atoms with van der Waals surface area (Å²) in [4.78, 5) is 0.00194. The average molecular weight is 212 g/mol. The summed E-state index contributed by atoms with van der Waals surface area (Å²) in [5.41, 5.74) is 0.944. The predicted molar refractivity (Wildman–Crippen MR) is 49.6 cm³/mol. The second kappa shape index (κ2) is 4.04. The van der Waals surface area contributed by atoms with E-state index in [1.54, 1.807) is 12.1 Å². The second-order valence-electron chi connectivity index (χ2n) is 2.54. The minimum atomic E-state index is -3.89. The number of nitrogens with one attached hydrogen (secondary N) is 1. The van der Waals surface area contributed by atoms with Crippen LogP contribution >= 0.6 is 0 Å². The van der Waals surface area contributed by atoms with Gasteiger partial charge in [-0.15, -0.1) is 0 Å². The number of nitrogens with zero attached hydrogens (tertiary/aromatic N) is 1. The normalized spacial score (nSPS) is 10.4. The van der Waals surface area contributed by atoms with E-state index in [1.165, 1.54) is 18.1 Å². The molecule has 0 aliphatic heterocycles. The van der Waals surface area contributed by atoms with Crippen LogP contribution in [0, 0.1) is 12.3 Å². The lowest BCUT2D eigenvalue weighted by Gasteiger charge is -1.99. The van der Waals surface area contributed by atoms with Gasteiger partial charge in [0.05, 0.1) is 0 Å². The zero-order chi connectivity index (χ0) is 10.6. The summed E-state index contributed by atoms with van der Waals surface area (Å²) in [6, 6.07) is 7.58. The van der Waals surface area contributed by atoms with E-state index in [2.05, 4.69) is 9.44 Å². The van der Waals surface area contributed by atoms with Gasteiger partial charge in [-0.2, -0.15) is 8.42 Å². The molecule has 1 aromatic carbocycles. The molecular formula is C8H8N2O3S.